The predicted molar refractivity (Wildman–Crippen MR) is 117 cm³/mol. The second kappa shape index (κ2) is 9.01. The van der Waals surface area contributed by atoms with Crippen LogP contribution in [0.2, 0.25) is 0 Å². The van der Waals surface area contributed by atoms with Crippen LogP contribution in [0.15, 0.2) is 95.8 Å². The first-order valence-electron chi connectivity index (χ1n) is 9.65. The van der Waals surface area contributed by atoms with Gasteiger partial charge >= 0.3 is 5.97 Å². The minimum Gasteiger partial charge on any atom is -0.457 e. The Kier molecular flexibility index (Phi) is 5.80. The molecule has 4 aromatic rings. The molecule has 3 aromatic carbocycles. The first-order valence-corrected chi connectivity index (χ1v) is 9.65. The molecule has 5 heteroatoms. The second-order valence-corrected chi connectivity index (χ2v) is 6.75. The molecule has 148 valence electrons. The molecule has 0 radical (unpaired) electrons. The fourth-order valence-electron chi connectivity index (χ4n) is 3.19. The van der Waals surface area contributed by atoms with Crippen molar-refractivity contribution >= 4 is 22.8 Å². The fourth-order valence-corrected chi connectivity index (χ4v) is 3.19. The lowest BCUT2D eigenvalue weighted by Crippen LogP contribution is -2.27. The number of carbonyl (C=O) groups is 1. The van der Waals surface area contributed by atoms with Crippen LogP contribution >= 0.6 is 0 Å². The maximum Gasteiger partial charge on any atom is 0.359 e. The van der Waals surface area contributed by atoms with Crippen LogP contribution in [0.4, 0.5) is 0 Å². The Morgan fingerprint density at radius 2 is 1.50 bits per heavy atom. The molecule has 0 saturated heterocycles. The predicted octanol–water partition coefficient (Wildman–Crippen LogP) is 4.32. The van der Waals surface area contributed by atoms with E-state index in [1.807, 2.05) is 66.7 Å². The molecule has 0 saturated carbocycles. The average Bonchev–Trinajstić information content (AvgIpc) is 2.80. The summed E-state index contributed by atoms with van der Waals surface area (Å²) in [6, 6.07) is 26.3. The molecular formula is C25H20N2O3. The van der Waals surface area contributed by atoms with Gasteiger partial charge in [-0.25, -0.2) is 9.48 Å². The number of benzene rings is 3. The van der Waals surface area contributed by atoms with Crippen molar-refractivity contribution in [3.8, 4) is 0 Å². The molecule has 0 N–H and O–H groups in total. The number of hydrogen-bond acceptors (Lipinski definition) is 4. The van der Waals surface area contributed by atoms with Gasteiger partial charge in [0.25, 0.3) is 5.56 Å². The highest BCUT2D eigenvalue weighted by atomic mass is 16.5. The molecule has 0 amide bonds. The van der Waals surface area contributed by atoms with E-state index in [-0.39, 0.29) is 24.4 Å². The summed E-state index contributed by atoms with van der Waals surface area (Å²) in [4.78, 5) is 25.6. The van der Waals surface area contributed by atoms with E-state index < -0.39 is 5.97 Å². The minimum absolute atomic E-state index is 0.113. The van der Waals surface area contributed by atoms with E-state index in [9.17, 15) is 9.59 Å². The molecule has 5 nitrogen and oxygen atoms in total. The van der Waals surface area contributed by atoms with Crippen molar-refractivity contribution < 1.29 is 9.53 Å². The minimum atomic E-state index is -0.564. The summed E-state index contributed by atoms with van der Waals surface area (Å²) in [6.45, 7) is 0.389. The van der Waals surface area contributed by atoms with Crippen LogP contribution in [0.5, 0.6) is 0 Å². The maximum absolute atomic E-state index is 12.9. The van der Waals surface area contributed by atoms with Crippen LogP contribution in [-0.4, -0.2) is 22.4 Å². The largest absolute Gasteiger partial charge is 0.457 e. The highest BCUT2D eigenvalue weighted by Gasteiger charge is 2.17. The molecule has 0 aliphatic heterocycles. The molecule has 0 atom stereocenters. The summed E-state index contributed by atoms with van der Waals surface area (Å²) in [5.41, 5.74) is 1.84. The smallest absolute Gasteiger partial charge is 0.359 e. The van der Waals surface area contributed by atoms with Crippen LogP contribution in [0, 0.1) is 0 Å². The van der Waals surface area contributed by atoms with Crippen LogP contribution < -0.4 is 5.56 Å². The molecule has 30 heavy (non-hydrogen) atoms. The van der Waals surface area contributed by atoms with E-state index in [2.05, 4.69) is 5.10 Å². The zero-order valence-corrected chi connectivity index (χ0v) is 16.3. The van der Waals surface area contributed by atoms with Crippen molar-refractivity contribution in [3.05, 3.63) is 118 Å². The maximum atomic E-state index is 12.9. The standard InChI is InChI=1S/C25H20N2O3/c28-24-22-16-8-7-15-21(22)23(26-27(24)18-20-12-5-2-6-13-20)25(29)30-17-9-14-19-10-3-1-4-11-19/h1-16H,17-18H2/b14-9-. The Bertz CT molecular complexity index is 1250. The van der Waals surface area contributed by atoms with E-state index in [1.54, 1.807) is 30.3 Å². The number of fused-ring (bicyclic) bond motifs is 1. The summed E-state index contributed by atoms with van der Waals surface area (Å²) < 4.78 is 6.71. The van der Waals surface area contributed by atoms with Gasteiger partial charge in [-0.2, -0.15) is 5.10 Å². The lowest BCUT2D eigenvalue weighted by atomic mass is 10.1. The van der Waals surface area contributed by atoms with E-state index >= 15 is 0 Å². The molecular weight excluding hydrogens is 376 g/mol. The zero-order valence-electron chi connectivity index (χ0n) is 16.3. The molecule has 0 unspecified atom stereocenters. The number of ether oxygens (including phenoxy) is 1. The van der Waals surface area contributed by atoms with Gasteiger partial charge in [-0.1, -0.05) is 84.9 Å². The molecule has 0 fully saturated rings. The van der Waals surface area contributed by atoms with Crippen molar-refractivity contribution in [1.82, 2.24) is 9.78 Å². The van der Waals surface area contributed by atoms with Crippen LogP contribution in [0.3, 0.4) is 0 Å². The number of carbonyl (C=O) groups excluding carboxylic acids is 1. The first-order chi connectivity index (χ1) is 14.7. The summed E-state index contributed by atoms with van der Waals surface area (Å²) in [5.74, 6) is -0.564. The van der Waals surface area contributed by atoms with Gasteiger partial charge in [-0.15, -0.1) is 0 Å². The van der Waals surface area contributed by atoms with Gasteiger partial charge in [0.15, 0.2) is 5.69 Å². The van der Waals surface area contributed by atoms with Gasteiger partial charge in [0.05, 0.1) is 11.9 Å². The third-order valence-electron chi connectivity index (χ3n) is 4.66. The molecule has 1 aromatic heterocycles. The SMILES string of the molecule is O=C(OC/C=C\c1ccccc1)c1nn(Cc2ccccc2)c(=O)c2ccccc12. The molecule has 0 aliphatic carbocycles. The van der Waals surface area contributed by atoms with Gasteiger partial charge in [0, 0.05) is 5.39 Å². The molecule has 0 bridgehead atoms. The monoisotopic (exact) mass is 396 g/mol. The fraction of sp³-hybridized carbons (Fsp3) is 0.0800. The van der Waals surface area contributed by atoms with Gasteiger partial charge in [-0.3, -0.25) is 4.79 Å². The summed E-state index contributed by atoms with van der Waals surface area (Å²) in [5, 5.41) is 5.27. The number of nitrogens with zero attached hydrogens (tertiary/aromatic N) is 2. The van der Waals surface area contributed by atoms with Gasteiger partial charge in [0.2, 0.25) is 0 Å². The van der Waals surface area contributed by atoms with Crippen molar-refractivity contribution in [2.45, 2.75) is 6.54 Å². The van der Waals surface area contributed by atoms with Crippen LogP contribution in [0.1, 0.15) is 21.6 Å². The van der Waals surface area contributed by atoms with Gasteiger partial charge in [-0.05, 0) is 23.3 Å². The normalized spacial score (nSPS) is 11.1. The Morgan fingerprint density at radius 1 is 0.867 bits per heavy atom. The Morgan fingerprint density at radius 3 is 2.23 bits per heavy atom. The van der Waals surface area contributed by atoms with Gasteiger partial charge in [0.1, 0.15) is 6.61 Å². The van der Waals surface area contributed by atoms with Crippen molar-refractivity contribution in [3.63, 3.8) is 0 Å². The summed E-state index contributed by atoms with van der Waals surface area (Å²) in [7, 11) is 0. The zero-order chi connectivity index (χ0) is 20.8. The quantitative estimate of drug-likeness (QED) is 0.456. The molecule has 4 rings (SSSR count). The topological polar surface area (TPSA) is 61.2 Å². The van der Waals surface area contributed by atoms with E-state index in [0.29, 0.717) is 10.8 Å². The molecule has 0 spiro atoms. The van der Waals surface area contributed by atoms with E-state index in [1.165, 1.54) is 4.68 Å². The Hall–Kier alpha value is -3.99. The van der Waals surface area contributed by atoms with Crippen LogP contribution in [0.25, 0.3) is 16.8 Å². The average molecular weight is 396 g/mol. The Labute approximate surface area is 173 Å². The lowest BCUT2D eigenvalue weighted by Gasteiger charge is -2.10. The summed E-state index contributed by atoms with van der Waals surface area (Å²) >= 11 is 0. The molecule has 0 aliphatic rings. The highest BCUT2D eigenvalue weighted by Crippen LogP contribution is 2.15. The second-order valence-electron chi connectivity index (χ2n) is 6.75. The van der Waals surface area contributed by atoms with Crippen molar-refractivity contribution in [2.24, 2.45) is 0 Å². The first kappa shape index (κ1) is 19.3. The highest BCUT2D eigenvalue weighted by molar-refractivity contribution is 6.02. The third-order valence-corrected chi connectivity index (χ3v) is 4.66. The Balaban J connectivity index is 1.60. The molecule has 1 heterocycles. The van der Waals surface area contributed by atoms with Crippen molar-refractivity contribution in [2.75, 3.05) is 6.61 Å². The van der Waals surface area contributed by atoms with E-state index in [0.717, 1.165) is 11.1 Å². The van der Waals surface area contributed by atoms with Crippen molar-refractivity contribution in [1.29, 1.82) is 0 Å². The van der Waals surface area contributed by atoms with E-state index in [4.69, 9.17) is 4.74 Å². The van der Waals surface area contributed by atoms with Gasteiger partial charge < -0.3 is 4.74 Å². The number of rotatable bonds is 6. The third kappa shape index (κ3) is 4.36. The lowest BCUT2D eigenvalue weighted by molar-refractivity contribution is 0.0543. The van der Waals surface area contributed by atoms with Crippen LogP contribution in [-0.2, 0) is 11.3 Å². The number of aromatic nitrogens is 2. The number of esters is 1. The number of hydrogen-bond donors (Lipinski definition) is 0. The summed E-state index contributed by atoms with van der Waals surface area (Å²) in [6.07, 6.45) is 3.66.